The molecule has 0 aliphatic carbocycles. The van der Waals surface area contributed by atoms with Gasteiger partial charge in [0, 0.05) is 56.8 Å². The second-order valence-electron chi connectivity index (χ2n) is 6.01. The predicted octanol–water partition coefficient (Wildman–Crippen LogP) is 1.62. The molecule has 0 radical (unpaired) electrons. The van der Waals surface area contributed by atoms with Crippen LogP contribution in [-0.2, 0) is 9.53 Å². The van der Waals surface area contributed by atoms with E-state index in [1.54, 1.807) is 18.2 Å². The van der Waals surface area contributed by atoms with Gasteiger partial charge in [0.05, 0.1) is 4.92 Å². The highest BCUT2D eigenvalue weighted by atomic mass is 16.6. The molecular formula is C17H20N4O4. The van der Waals surface area contributed by atoms with Crippen molar-refractivity contribution in [3.05, 3.63) is 46.2 Å². The molecule has 1 fully saturated rings. The Labute approximate surface area is 145 Å². The van der Waals surface area contributed by atoms with Crippen molar-refractivity contribution in [2.24, 2.45) is 4.99 Å². The number of nitro benzene ring substituents is 1. The molecule has 0 bridgehead atoms. The second kappa shape index (κ2) is 7.02. The zero-order valence-corrected chi connectivity index (χ0v) is 14.2. The molecule has 0 N–H and O–H groups in total. The molecule has 8 heteroatoms. The van der Waals surface area contributed by atoms with Gasteiger partial charge >= 0.3 is 0 Å². The van der Waals surface area contributed by atoms with Crippen LogP contribution in [0.5, 0.6) is 0 Å². The third kappa shape index (κ3) is 3.53. The number of non-ortho nitro benzene ring substituents is 1. The number of nitrogens with zero attached hydrogens (tertiary/aromatic N) is 4. The summed E-state index contributed by atoms with van der Waals surface area (Å²) in [4.78, 5) is 31.3. The Kier molecular flexibility index (Phi) is 4.80. The van der Waals surface area contributed by atoms with Crippen LogP contribution >= 0.6 is 0 Å². The van der Waals surface area contributed by atoms with Crippen LogP contribution in [-0.4, -0.2) is 60.8 Å². The molecule has 1 unspecified atom stereocenters. The van der Waals surface area contributed by atoms with Crippen molar-refractivity contribution in [2.75, 3.05) is 38.2 Å². The number of rotatable bonds is 3. The van der Waals surface area contributed by atoms with Gasteiger partial charge in [0.25, 0.3) is 5.69 Å². The van der Waals surface area contributed by atoms with Crippen LogP contribution in [0.1, 0.15) is 6.92 Å². The third-order valence-corrected chi connectivity index (χ3v) is 4.41. The maximum absolute atomic E-state index is 12.4. The van der Waals surface area contributed by atoms with Gasteiger partial charge in [-0.2, -0.15) is 0 Å². The van der Waals surface area contributed by atoms with Crippen molar-refractivity contribution in [1.29, 1.82) is 0 Å². The lowest BCUT2D eigenvalue weighted by atomic mass is 10.1. The lowest BCUT2D eigenvalue weighted by Crippen LogP contribution is -2.53. The number of allylic oxidation sites excluding steroid dienone is 1. The van der Waals surface area contributed by atoms with Gasteiger partial charge < -0.3 is 14.5 Å². The van der Waals surface area contributed by atoms with Crippen molar-refractivity contribution >= 4 is 23.0 Å². The molecule has 0 saturated carbocycles. The van der Waals surface area contributed by atoms with Gasteiger partial charge in [0.2, 0.25) is 5.78 Å². The number of aliphatic imine (C=N–C) groups is 1. The van der Waals surface area contributed by atoms with Crippen molar-refractivity contribution < 1.29 is 14.5 Å². The molecule has 2 aliphatic heterocycles. The largest absolute Gasteiger partial charge is 0.369 e. The number of nitro groups is 1. The van der Waals surface area contributed by atoms with Gasteiger partial charge in [-0.25, -0.2) is 4.99 Å². The number of carbonyl (C=O) groups excluding carboxylic acids is 1. The Morgan fingerprint density at radius 3 is 2.32 bits per heavy atom. The fourth-order valence-corrected chi connectivity index (χ4v) is 3.04. The first kappa shape index (κ1) is 17.1. The summed E-state index contributed by atoms with van der Waals surface area (Å²) in [6.07, 6.45) is 1.15. The standard InChI is InChI=1S/C17H20N4O4/c1-12-11-15(25-2)16(22)17(18-12)20-9-7-19(8-10-20)13-3-5-14(6-4-13)21(23)24/h3-6,11,15H,7-10H2,1-2H3. The Bertz CT molecular complexity index is 734. The average Bonchev–Trinajstić information content (AvgIpc) is 2.63. The second-order valence-corrected chi connectivity index (χ2v) is 6.01. The summed E-state index contributed by atoms with van der Waals surface area (Å²) in [5, 5.41) is 10.7. The molecule has 2 aliphatic rings. The van der Waals surface area contributed by atoms with Gasteiger partial charge in [-0.1, -0.05) is 0 Å². The number of methoxy groups -OCH3 is 1. The number of benzene rings is 1. The van der Waals surface area contributed by atoms with Crippen molar-refractivity contribution in [2.45, 2.75) is 13.0 Å². The zero-order valence-electron chi connectivity index (χ0n) is 14.2. The van der Waals surface area contributed by atoms with Crippen LogP contribution in [0.2, 0.25) is 0 Å². The molecular weight excluding hydrogens is 324 g/mol. The summed E-state index contributed by atoms with van der Waals surface area (Å²) >= 11 is 0. The average molecular weight is 344 g/mol. The van der Waals surface area contributed by atoms with E-state index in [2.05, 4.69) is 9.89 Å². The van der Waals surface area contributed by atoms with Gasteiger partial charge in [-0.3, -0.25) is 14.9 Å². The highest BCUT2D eigenvalue weighted by Gasteiger charge is 2.31. The molecule has 25 heavy (non-hydrogen) atoms. The summed E-state index contributed by atoms with van der Waals surface area (Å²) < 4.78 is 5.22. The summed E-state index contributed by atoms with van der Waals surface area (Å²) in [6.45, 7) is 4.59. The topological polar surface area (TPSA) is 88.3 Å². The van der Waals surface area contributed by atoms with Crippen LogP contribution in [0.4, 0.5) is 11.4 Å². The molecule has 0 aromatic heterocycles. The number of ether oxygens (including phenoxy) is 1. The van der Waals surface area contributed by atoms with E-state index in [0.29, 0.717) is 32.0 Å². The van der Waals surface area contributed by atoms with E-state index >= 15 is 0 Å². The minimum atomic E-state index is -0.569. The minimum absolute atomic E-state index is 0.0809. The minimum Gasteiger partial charge on any atom is -0.369 e. The lowest BCUT2D eigenvalue weighted by molar-refractivity contribution is -0.384. The van der Waals surface area contributed by atoms with E-state index in [1.807, 2.05) is 11.8 Å². The number of hydrogen-bond acceptors (Lipinski definition) is 7. The number of Topliss-reactive ketones (excluding diaryl/α,β-unsaturated/α-hetero) is 1. The molecule has 8 nitrogen and oxygen atoms in total. The van der Waals surface area contributed by atoms with Gasteiger partial charge in [0.1, 0.15) is 6.10 Å². The van der Waals surface area contributed by atoms with Crippen molar-refractivity contribution in [3.8, 4) is 0 Å². The maximum Gasteiger partial charge on any atom is 0.269 e. The number of hydrogen-bond donors (Lipinski definition) is 0. The number of piperazine rings is 1. The Balaban J connectivity index is 1.66. The summed E-state index contributed by atoms with van der Waals surface area (Å²) in [5.41, 5.74) is 1.80. The van der Waals surface area contributed by atoms with E-state index in [9.17, 15) is 14.9 Å². The smallest absolute Gasteiger partial charge is 0.269 e. The molecule has 3 rings (SSSR count). The first-order valence-corrected chi connectivity index (χ1v) is 8.08. The lowest BCUT2D eigenvalue weighted by Gasteiger charge is -2.38. The number of carbonyl (C=O) groups is 1. The summed E-state index contributed by atoms with van der Waals surface area (Å²) in [7, 11) is 1.52. The van der Waals surface area contributed by atoms with E-state index in [0.717, 1.165) is 11.4 Å². The quantitative estimate of drug-likeness (QED) is 0.611. The highest BCUT2D eigenvalue weighted by molar-refractivity contribution is 6.41. The molecule has 1 saturated heterocycles. The van der Waals surface area contributed by atoms with Crippen LogP contribution < -0.4 is 4.90 Å². The molecule has 2 heterocycles. The van der Waals surface area contributed by atoms with Gasteiger partial charge in [-0.05, 0) is 25.1 Å². The number of anilines is 1. The van der Waals surface area contributed by atoms with Crippen LogP contribution in [0.15, 0.2) is 41.0 Å². The molecule has 0 spiro atoms. The summed E-state index contributed by atoms with van der Waals surface area (Å²) in [6, 6.07) is 6.53. The molecule has 132 valence electrons. The first-order chi connectivity index (χ1) is 12.0. The number of amidine groups is 1. The SMILES string of the molecule is COC1C=C(C)N=C(N2CCN(c3ccc([N+](=O)[O-])cc3)CC2)C1=O. The van der Waals surface area contributed by atoms with E-state index in [4.69, 9.17) is 4.74 Å². The summed E-state index contributed by atoms with van der Waals surface area (Å²) in [5.74, 6) is 0.340. The normalized spacial score (nSPS) is 21.0. The van der Waals surface area contributed by atoms with Crippen LogP contribution in [0.3, 0.4) is 0 Å². The Hall–Kier alpha value is -2.74. The number of ketones is 1. The van der Waals surface area contributed by atoms with E-state index in [1.165, 1.54) is 19.2 Å². The monoisotopic (exact) mass is 344 g/mol. The first-order valence-electron chi connectivity index (χ1n) is 8.08. The maximum atomic E-state index is 12.4. The molecule has 0 amide bonds. The third-order valence-electron chi connectivity index (χ3n) is 4.41. The van der Waals surface area contributed by atoms with Gasteiger partial charge in [0.15, 0.2) is 5.84 Å². The van der Waals surface area contributed by atoms with E-state index in [-0.39, 0.29) is 11.5 Å². The molecule has 1 atom stereocenters. The van der Waals surface area contributed by atoms with E-state index < -0.39 is 11.0 Å². The fourth-order valence-electron chi connectivity index (χ4n) is 3.04. The highest BCUT2D eigenvalue weighted by Crippen LogP contribution is 2.21. The predicted molar refractivity (Wildman–Crippen MR) is 93.9 cm³/mol. The van der Waals surface area contributed by atoms with Crippen molar-refractivity contribution in [1.82, 2.24) is 4.90 Å². The Morgan fingerprint density at radius 2 is 1.76 bits per heavy atom. The molecule has 1 aromatic carbocycles. The van der Waals surface area contributed by atoms with Crippen LogP contribution in [0.25, 0.3) is 0 Å². The zero-order chi connectivity index (χ0) is 18.0. The molecule has 1 aromatic rings. The fraction of sp³-hybridized carbons (Fsp3) is 0.412. The van der Waals surface area contributed by atoms with Crippen LogP contribution in [0, 0.1) is 10.1 Å². The van der Waals surface area contributed by atoms with Gasteiger partial charge in [-0.15, -0.1) is 0 Å². The van der Waals surface area contributed by atoms with Crippen molar-refractivity contribution in [3.63, 3.8) is 0 Å². The Morgan fingerprint density at radius 1 is 1.16 bits per heavy atom.